The van der Waals surface area contributed by atoms with Crippen molar-refractivity contribution in [1.82, 2.24) is 3.97 Å². The zero-order valence-corrected chi connectivity index (χ0v) is 15.3. The van der Waals surface area contributed by atoms with Crippen molar-refractivity contribution in [2.45, 2.75) is 29.4 Å². The predicted octanol–water partition coefficient (Wildman–Crippen LogP) is 4.63. The first-order chi connectivity index (χ1) is 11.5. The van der Waals surface area contributed by atoms with Gasteiger partial charge >= 0.3 is 0 Å². The molecule has 3 aromatic rings. The number of nitrogens with zero attached hydrogens (tertiary/aromatic N) is 1. The third kappa shape index (κ3) is 3.57. The molecule has 0 radical (unpaired) electrons. The topological polar surface area (TPSA) is 39.1 Å². The van der Waals surface area contributed by atoms with Crippen LogP contribution in [0, 0.1) is 13.8 Å². The van der Waals surface area contributed by atoms with Crippen molar-refractivity contribution in [2.75, 3.05) is 0 Å². The fraction of sp³-hybridized carbons (Fsp3) is 0.158. The maximum atomic E-state index is 12.7. The molecule has 0 aliphatic carbocycles. The van der Waals surface area contributed by atoms with Crippen LogP contribution in [0.15, 0.2) is 76.8 Å². The van der Waals surface area contributed by atoms with Gasteiger partial charge in [0, 0.05) is 23.0 Å². The summed E-state index contributed by atoms with van der Waals surface area (Å²) in [5.74, 6) is 0.742. The first kappa shape index (κ1) is 16.9. The van der Waals surface area contributed by atoms with E-state index in [1.165, 1.54) is 8.87 Å². The molecule has 1 aromatic heterocycles. The Morgan fingerprint density at radius 3 is 2.25 bits per heavy atom. The monoisotopic (exact) mass is 357 g/mol. The maximum absolute atomic E-state index is 12.7. The summed E-state index contributed by atoms with van der Waals surface area (Å²) in [4.78, 5) is 1.48. The highest BCUT2D eigenvalue weighted by molar-refractivity contribution is 7.98. The molecule has 0 saturated heterocycles. The van der Waals surface area contributed by atoms with Gasteiger partial charge in [-0.2, -0.15) is 0 Å². The van der Waals surface area contributed by atoms with Crippen LogP contribution in [0.1, 0.15) is 16.7 Å². The van der Waals surface area contributed by atoms with Gasteiger partial charge in [0.2, 0.25) is 0 Å². The fourth-order valence-electron chi connectivity index (χ4n) is 2.37. The van der Waals surface area contributed by atoms with Crippen molar-refractivity contribution < 1.29 is 8.42 Å². The summed E-state index contributed by atoms with van der Waals surface area (Å²) < 4.78 is 26.8. The minimum absolute atomic E-state index is 0.311. The third-order valence-electron chi connectivity index (χ3n) is 3.84. The highest BCUT2D eigenvalue weighted by atomic mass is 32.2. The smallest absolute Gasteiger partial charge is 0.248 e. The predicted molar refractivity (Wildman–Crippen MR) is 98.9 cm³/mol. The molecule has 2 aromatic carbocycles. The summed E-state index contributed by atoms with van der Waals surface area (Å²) in [5, 5.41) is 0. The van der Waals surface area contributed by atoms with Crippen molar-refractivity contribution >= 4 is 21.8 Å². The van der Waals surface area contributed by atoms with Crippen LogP contribution < -0.4 is 0 Å². The first-order valence-electron chi connectivity index (χ1n) is 7.64. The van der Waals surface area contributed by atoms with E-state index < -0.39 is 10.0 Å². The number of hydrogen-bond acceptors (Lipinski definition) is 3. The van der Waals surface area contributed by atoms with Gasteiger partial charge in [0.05, 0.1) is 4.90 Å². The Balaban J connectivity index is 1.84. The normalized spacial score (nSPS) is 11.6. The largest absolute Gasteiger partial charge is 0.267 e. The molecule has 0 aliphatic rings. The van der Waals surface area contributed by atoms with Gasteiger partial charge in [-0.25, -0.2) is 12.4 Å². The Morgan fingerprint density at radius 1 is 0.917 bits per heavy atom. The number of aromatic nitrogens is 1. The second-order valence-electron chi connectivity index (χ2n) is 5.72. The minimum Gasteiger partial charge on any atom is -0.248 e. The van der Waals surface area contributed by atoms with Gasteiger partial charge in [-0.1, -0.05) is 35.9 Å². The SMILES string of the molecule is Cc1ccc(S(=O)(=O)n2cc(C)c(CSc3ccccc3)c2)cc1. The molecule has 3 nitrogen and oxygen atoms in total. The van der Waals surface area contributed by atoms with Crippen molar-refractivity contribution in [1.29, 1.82) is 0 Å². The average Bonchev–Trinajstić information content (AvgIpc) is 2.96. The standard InChI is InChI=1S/C19H19NO2S2/c1-15-8-10-19(11-9-15)24(21,22)20-12-16(2)17(13-20)14-23-18-6-4-3-5-7-18/h3-13H,14H2,1-2H3. The highest BCUT2D eigenvalue weighted by Gasteiger charge is 2.18. The summed E-state index contributed by atoms with van der Waals surface area (Å²) in [5.41, 5.74) is 3.05. The quantitative estimate of drug-likeness (QED) is 0.625. The lowest BCUT2D eigenvalue weighted by atomic mass is 10.2. The Hall–Kier alpha value is -1.98. The summed E-state index contributed by atoms with van der Waals surface area (Å²) in [7, 11) is -3.53. The van der Waals surface area contributed by atoms with Crippen LogP contribution in [0.2, 0.25) is 0 Å². The van der Waals surface area contributed by atoms with E-state index in [1.54, 1.807) is 36.3 Å². The molecule has 0 unspecified atom stereocenters. The second-order valence-corrected chi connectivity index (χ2v) is 8.61. The van der Waals surface area contributed by atoms with E-state index >= 15 is 0 Å². The first-order valence-corrected chi connectivity index (χ1v) is 10.1. The van der Waals surface area contributed by atoms with E-state index in [0.717, 1.165) is 22.4 Å². The molecular formula is C19H19NO2S2. The molecule has 0 bridgehead atoms. The molecular weight excluding hydrogens is 338 g/mol. The van der Waals surface area contributed by atoms with Gasteiger partial charge < -0.3 is 0 Å². The Labute approximate surface area is 147 Å². The average molecular weight is 358 g/mol. The van der Waals surface area contributed by atoms with E-state index in [-0.39, 0.29) is 0 Å². The summed E-state index contributed by atoms with van der Waals surface area (Å²) in [6, 6.07) is 17.0. The Bertz CT molecular complexity index is 927. The third-order valence-corrected chi connectivity index (χ3v) is 6.54. The van der Waals surface area contributed by atoms with Gasteiger partial charge in [0.1, 0.15) is 0 Å². The summed E-state index contributed by atoms with van der Waals surface area (Å²) >= 11 is 1.70. The number of rotatable bonds is 5. The lowest BCUT2D eigenvalue weighted by molar-refractivity contribution is 0.587. The molecule has 0 aliphatic heterocycles. The van der Waals surface area contributed by atoms with Crippen molar-refractivity contribution in [2.24, 2.45) is 0 Å². The molecule has 24 heavy (non-hydrogen) atoms. The van der Waals surface area contributed by atoms with Gasteiger partial charge in [0.15, 0.2) is 0 Å². The molecule has 0 N–H and O–H groups in total. The van der Waals surface area contributed by atoms with Crippen LogP contribution >= 0.6 is 11.8 Å². The molecule has 0 amide bonds. The number of thioether (sulfide) groups is 1. The summed E-state index contributed by atoms with van der Waals surface area (Å²) in [6.45, 7) is 3.89. The van der Waals surface area contributed by atoms with E-state index in [1.807, 2.05) is 44.2 Å². The van der Waals surface area contributed by atoms with E-state index in [0.29, 0.717) is 4.90 Å². The number of hydrogen-bond donors (Lipinski definition) is 0. The van der Waals surface area contributed by atoms with Crippen LogP contribution in [0.4, 0.5) is 0 Å². The van der Waals surface area contributed by atoms with Crippen molar-refractivity contribution in [3.05, 3.63) is 83.7 Å². The van der Waals surface area contributed by atoms with Gasteiger partial charge in [-0.3, -0.25) is 0 Å². The van der Waals surface area contributed by atoms with E-state index in [9.17, 15) is 8.42 Å². The molecule has 5 heteroatoms. The lowest BCUT2D eigenvalue weighted by Crippen LogP contribution is -2.10. The van der Waals surface area contributed by atoms with Gasteiger partial charge in [0.25, 0.3) is 10.0 Å². The lowest BCUT2D eigenvalue weighted by Gasteiger charge is -2.06. The zero-order chi connectivity index (χ0) is 17.2. The molecule has 124 valence electrons. The van der Waals surface area contributed by atoms with Crippen LogP contribution in [0.25, 0.3) is 0 Å². The summed E-state index contributed by atoms with van der Waals surface area (Å²) in [6.07, 6.45) is 3.41. The van der Waals surface area contributed by atoms with Crippen LogP contribution in [0.3, 0.4) is 0 Å². The molecule has 0 spiro atoms. The van der Waals surface area contributed by atoms with E-state index in [4.69, 9.17) is 0 Å². The molecule has 0 atom stereocenters. The fourth-order valence-corrected chi connectivity index (χ4v) is 4.63. The van der Waals surface area contributed by atoms with Crippen molar-refractivity contribution in [3.8, 4) is 0 Å². The molecule has 0 fully saturated rings. The van der Waals surface area contributed by atoms with Crippen LogP contribution in [-0.4, -0.2) is 12.4 Å². The van der Waals surface area contributed by atoms with Gasteiger partial charge in [-0.15, -0.1) is 11.8 Å². The molecule has 3 rings (SSSR count). The number of benzene rings is 2. The Kier molecular flexibility index (Phi) is 4.83. The van der Waals surface area contributed by atoms with E-state index in [2.05, 4.69) is 12.1 Å². The van der Waals surface area contributed by atoms with Crippen molar-refractivity contribution in [3.63, 3.8) is 0 Å². The van der Waals surface area contributed by atoms with Gasteiger partial charge in [-0.05, 0) is 49.2 Å². The number of aryl methyl sites for hydroxylation is 2. The van der Waals surface area contributed by atoms with Crippen LogP contribution in [-0.2, 0) is 15.8 Å². The molecule has 0 saturated carbocycles. The van der Waals surface area contributed by atoms with Crippen LogP contribution in [0.5, 0.6) is 0 Å². The second kappa shape index (κ2) is 6.87. The highest BCUT2D eigenvalue weighted by Crippen LogP contribution is 2.26. The zero-order valence-electron chi connectivity index (χ0n) is 13.6. The molecule has 1 heterocycles. The maximum Gasteiger partial charge on any atom is 0.267 e. The Morgan fingerprint density at radius 2 is 1.58 bits per heavy atom. The minimum atomic E-state index is -3.53.